The van der Waals surface area contributed by atoms with Gasteiger partial charge in [-0.05, 0) is 43.4 Å². The Bertz CT molecular complexity index is 633. The average Bonchev–Trinajstić information content (AvgIpc) is 2.53. The maximum atomic E-state index is 12.7. The number of carbonyl (C=O) groups is 1. The van der Waals surface area contributed by atoms with Crippen molar-refractivity contribution in [3.05, 3.63) is 28.8 Å². The molecule has 0 aromatic heterocycles. The van der Waals surface area contributed by atoms with Crippen LogP contribution < -0.4 is 10.5 Å². The van der Waals surface area contributed by atoms with Gasteiger partial charge in [0, 0.05) is 26.8 Å². The molecule has 146 valence electrons. The highest BCUT2D eigenvalue weighted by Crippen LogP contribution is 2.28. The van der Waals surface area contributed by atoms with E-state index < -0.39 is 18.3 Å². The molecule has 2 rings (SSSR count). The van der Waals surface area contributed by atoms with Crippen molar-refractivity contribution < 1.29 is 27.4 Å². The Morgan fingerprint density at radius 1 is 1.27 bits per heavy atom. The van der Waals surface area contributed by atoms with Crippen LogP contribution in [0.1, 0.15) is 29.5 Å². The molecule has 0 atom stereocenters. The number of hydrogen-bond acceptors (Lipinski definition) is 4. The van der Waals surface area contributed by atoms with Crippen LogP contribution in [0, 0.1) is 13.8 Å². The van der Waals surface area contributed by atoms with Gasteiger partial charge in [0.1, 0.15) is 5.75 Å². The van der Waals surface area contributed by atoms with Gasteiger partial charge in [-0.25, -0.2) is 0 Å². The molecule has 26 heavy (non-hydrogen) atoms. The van der Waals surface area contributed by atoms with E-state index in [1.807, 2.05) is 0 Å². The monoisotopic (exact) mass is 374 g/mol. The van der Waals surface area contributed by atoms with Gasteiger partial charge in [0.2, 0.25) is 5.91 Å². The minimum absolute atomic E-state index is 0.159. The first-order valence-electron chi connectivity index (χ1n) is 8.44. The SMILES string of the molecule is Cc1cc(CN(C)C(=O)C2(N)CCOCC2)cc(C)c1OCC(F)(F)F. The van der Waals surface area contributed by atoms with Crippen molar-refractivity contribution >= 4 is 5.91 Å². The van der Waals surface area contributed by atoms with Gasteiger partial charge in [-0.3, -0.25) is 4.79 Å². The molecule has 0 saturated carbocycles. The lowest BCUT2D eigenvalue weighted by molar-refractivity contribution is -0.153. The van der Waals surface area contributed by atoms with Crippen molar-refractivity contribution in [2.45, 2.75) is 44.9 Å². The van der Waals surface area contributed by atoms with Crippen LogP contribution in [0.25, 0.3) is 0 Å². The summed E-state index contributed by atoms with van der Waals surface area (Å²) in [5.41, 5.74) is 7.30. The van der Waals surface area contributed by atoms with Crippen LogP contribution in [-0.4, -0.2) is 49.4 Å². The Hall–Kier alpha value is -1.80. The number of alkyl halides is 3. The zero-order valence-electron chi connectivity index (χ0n) is 15.3. The molecule has 0 bridgehead atoms. The molecule has 2 N–H and O–H groups in total. The number of carbonyl (C=O) groups excluding carboxylic acids is 1. The van der Waals surface area contributed by atoms with E-state index in [4.69, 9.17) is 15.2 Å². The number of likely N-dealkylation sites (N-methyl/N-ethyl adjacent to an activating group) is 1. The maximum Gasteiger partial charge on any atom is 0.422 e. The highest BCUT2D eigenvalue weighted by atomic mass is 19.4. The second-order valence-electron chi connectivity index (χ2n) is 6.89. The zero-order valence-corrected chi connectivity index (χ0v) is 15.3. The summed E-state index contributed by atoms with van der Waals surface area (Å²) in [4.78, 5) is 14.2. The smallest absolute Gasteiger partial charge is 0.422 e. The Kier molecular flexibility index (Phi) is 6.18. The standard InChI is InChI=1S/C18H25F3N2O3/c1-12-8-14(9-13(2)15(12)26-11-18(19,20)21)10-23(3)16(24)17(22)4-6-25-7-5-17/h8-9H,4-7,10-11,22H2,1-3H3. The van der Waals surface area contributed by atoms with E-state index in [9.17, 15) is 18.0 Å². The lowest BCUT2D eigenvalue weighted by Crippen LogP contribution is -2.57. The topological polar surface area (TPSA) is 64.8 Å². The van der Waals surface area contributed by atoms with Gasteiger partial charge >= 0.3 is 6.18 Å². The molecular weight excluding hydrogens is 349 g/mol. The number of amides is 1. The summed E-state index contributed by atoms with van der Waals surface area (Å²) in [6, 6.07) is 3.46. The molecule has 1 heterocycles. The summed E-state index contributed by atoms with van der Waals surface area (Å²) in [5, 5.41) is 0. The van der Waals surface area contributed by atoms with E-state index in [0.29, 0.717) is 43.7 Å². The number of hydrogen-bond donors (Lipinski definition) is 1. The zero-order chi connectivity index (χ0) is 19.5. The van der Waals surface area contributed by atoms with Gasteiger partial charge in [0.25, 0.3) is 0 Å². The van der Waals surface area contributed by atoms with Gasteiger partial charge in [-0.15, -0.1) is 0 Å². The highest BCUT2D eigenvalue weighted by Gasteiger charge is 2.38. The van der Waals surface area contributed by atoms with Gasteiger partial charge in [0.15, 0.2) is 6.61 Å². The van der Waals surface area contributed by atoms with E-state index in [-0.39, 0.29) is 11.7 Å². The molecular formula is C18H25F3N2O3. The summed E-state index contributed by atoms with van der Waals surface area (Å²) in [7, 11) is 1.67. The third kappa shape index (κ3) is 5.11. The quantitative estimate of drug-likeness (QED) is 0.861. The first-order chi connectivity index (χ1) is 12.0. The number of nitrogens with two attached hydrogens (primary N) is 1. The summed E-state index contributed by atoms with van der Waals surface area (Å²) >= 11 is 0. The lowest BCUT2D eigenvalue weighted by atomic mass is 9.89. The van der Waals surface area contributed by atoms with E-state index in [0.717, 1.165) is 5.56 Å². The Morgan fingerprint density at radius 3 is 2.31 bits per heavy atom. The van der Waals surface area contributed by atoms with Crippen molar-refractivity contribution in [3.63, 3.8) is 0 Å². The molecule has 0 unspecified atom stereocenters. The number of nitrogens with zero attached hydrogens (tertiary/aromatic N) is 1. The number of halogens is 3. The number of rotatable bonds is 5. The molecule has 1 aliphatic rings. The summed E-state index contributed by atoms with van der Waals surface area (Å²) < 4.78 is 47.3. The molecule has 1 fully saturated rings. The predicted molar refractivity (Wildman–Crippen MR) is 90.9 cm³/mol. The van der Waals surface area contributed by atoms with E-state index in [2.05, 4.69) is 0 Å². The van der Waals surface area contributed by atoms with Crippen molar-refractivity contribution in [3.8, 4) is 5.75 Å². The Morgan fingerprint density at radius 2 is 1.81 bits per heavy atom. The van der Waals surface area contributed by atoms with Crippen LogP contribution in [0.4, 0.5) is 13.2 Å². The molecule has 1 amide bonds. The van der Waals surface area contributed by atoms with Crippen LogP contribution in [-0.2, 0) is 16.1 Å². The maximum absolute atomic E-state index is 12.7. The van der Waals surface area contributed by atoms with Gasteiger partial charge in [-0.2, -0.15) is 13.2 Å². The predicted octanol–water partition coefficient (Wildman–Crippen LogP) is 2.71. The van der Waals surface area contributed by atoms with Crippen LogP contribution in [0.2, 0.25) is 0 Å². The van der Waals surface area contributed by atoms with E-state index >= 15 is 0 Å². The molecule has 1 aromatic carbocycles. The van der Waals surface area contributed by atoms with Gasteiger partial charge in [0.05, 0.1) is 5.54 Å². The fraction of sp³-hybridized carbons (Fsp3) is 0.611. The molecule has 1 aromatic rings. The molecule has 8 heteroatoms. The number of benzene rings is 1. The fourth-order valence-electron chi connectivity index (χ4n) is 3.19. The number of ether oxygens (including phenoxy) is 2. The summed E-state index contributed by atoms with van der Waals surface area (Å²) in [6.07, 6.45) is -3.44. The number of aryl methyl sites for hydroxylation is 2. The summed E-state index contributed by atoms with van der Waals surface area (Å²) in [5.74, 6) is 0.0632. The van der Waals surface area contributed by atoms with Gasteiger partial charge < -0.3 is 20.1 Å². The van der Waals surface area contributed by atoms with Crippen LogP contribution >= 0.6 is 0 Å². The van der Waals surface area contributed by atoms with Gasteiger partial charge in [-0.1, -0.05) is 12.1 Å². The molecule has 1 saturated heterocycles. The molecule has 0 radical (unpaired) electrons. The van der Waals surface area contributed by atoms with Crippen LogP contribution in [0.5, 0.6) is 5.75 Å². The largest absolute Gasteiger partial charge is 0.484 e. The van der Waals surface area contributed by atoms with Crippen LogP contribution in [0.15, 0.2) is 12.1 Å². The first-order valence-corrected chi connectivity index (χ1v) is 8.44. The first kappa shape index (κ1) is 20.5. The Balaban J connectivity index is 2.08. The second-order valence-corrected chi connectivity index (χ2v) is 6.89. The molecule has 0 aliphatic carbocycles. The van der Waals surface area contributed by atoms with Crippen molar-refractivity contribution in [2.75, 3.05) is 26.9 Å². The van der Waals surface area contributed by atoms with Crippen molar-refractivity contribution in [1.29, 1.82) is 0 Å². The van der Waals surface area contributed by atoms with E-state index in [1.54, 1.807) is 37.9 Å². The average molecular weight is 374 g/mol. The van der Waals surface area contributed by atoms with E-state index in [1.165, 1.54) is 0 Å². The van der Waals surface area contributed by atoms with Crippen molar-refractivity contribution in [2.24, 2.45) is 5.73 Å². The molecule has 5 nitrogen and oxygen atoms in total. The second kappa shape index (κ2) is 7.84. The minimum atomic E-state index is -4.39. The lowest BCUT2D eigenvalue weighted by Gasteiger charge is -2.35. The Labute approximate surface area is 151 Å². The minimum Gasteiger partial charge on any atom is -0.484 e. The molecule has 0 spiro atoms. The summed E-state index contributed by atoms with van der Waals surface area (Å²) in [6.45, 7) is 3.28. The normalized spacial score (nSPS) is 17.0. The van der Waals surface area contributed by atoms with Crippen LogP contribution in [0.3, 0.4) is 0 Å². The third-order valence-corrected chi connectivity index (χ3v) is 4.48. The highest BCUT2D eigenvalue weighted by molar-refractivity contribution is 5.86. The molecule has 1 aliphatic heterocycles. The van der Waals surface area contributed by atoms with Crippen molar-refractivity contribution in [1.82, 2.24) is 4.90 Å². The fourth-order valence-corrected chi connectivity index (χ4v) is 3.19. The third-order valence-electron chi connectivity index (χ3n) is 4.48.